The molecule has 11 rings (SSSR count). The molecular weight excluding hydrogens is 617 g/mol. The summed E-state index contributed by atoms with van der Waals surface area (Å²) < 4.78 is 2.55. The van der Waals surface area contributed by atoms with Gasteiger partial charge in [0.05, 0.1) is 16.6 Å². The lowest BCUT2D eigenvalue weighted by Gasteiger charge is -2.51. The summed E-state index contributed by atoms with van der Waals surface area (Å²) in [6.45, 7) is 9.38. The molecule has 2 nitrogen and oxygen atoms in total. The molecule has 3 aliphatic carbocycles. The number of fused-ring (bicyclic) bond motifs is 8. The van der Waals surface area contributed by atoms with Crippen molar-refractivity contribution in [3.05, 3.63) is 184 Å². The number of para-hydroxylation sites is 2. The molecule has 0 radical (unpaired) electrons. The third-order valence-electron chi connectivity index (χ3n) is 12.4. The fraction of sp³-hybridized carbons (Fsp3) is 0.163. The second-order valence-electron chi connectivity index (χ2n) is 15.4. The number of aryl methyl sites for hydroxylation is 1. The number of hydrogen-bond acceptors (Lipinski definition) is 1. The van der Waals surface area contributed by atoms with Crippen LogP contribution in [0.2, 0.25) is 0 Å². The van der Waals surface area contributed by atoms with E-state index < -0.39 is 0 Å². The van der Waals surface area contributed by atoms with Crippen molar-refractivity contribution in [2.45, 2.75) is 33.2 Å². The highest BCUT2D eigenvalue weighted by atomic mass is 15.2. The molecule has 0 spiro atoms. The van der Waals surface area contributed by atoms with E-state index in [-0.39, 0.29) is 11.5 Å². The Morgan fingerprint density at radius 1 is 0.647 bits per heavy atom. The summed E-state index contributed by atoms with van der Waals surface area (Å²) in [6.07, 6.45) is 7.51. The van der Waals surface area contributed by atoms with Crippen LogP contribution < -0.4 is 10.4 Å². The van der Waals surface area contributed by atoms with Crippen LogP contribution in [0.4, 0.5) is 0 Å². The summed E-state index contributed by atoms with van der Waals surface area (Å²) in [5.41, 5.74) is 14.3. The van der Waals surface area contributed by atoms with Gasteiger partial charge in [0.25, 0.3) is 0 Å². The average molecular weight is 655 g/mol. The van der Waals surface area contributed by atoms with Gasteiger partial charge < -0.3 is 4.57 Å². The summed E-state index contributed by atoms with van der Waals surface area (Å²) in [7, 11) is 0. The van der Waals surface area contributed by atoms with E-state index in [4.69, 9.17) is 4.98 Å². The number of allylic oxidation sites excluding steroid dienone is 6. The minimum atomic E-state index is -0.298. The third kappa shape index (κ3) is 3.91. The van der Waals surface area contributed by atoms with Crippen molar-refractivity contribution < 1.29 is 0 Å². The summed E-state index contributed by atoms with van der Waals surface area (Å²) >= 11 is 0. The standard InChI is InChI=1S/C49H38N2/c1-28-13-14-32-25-33(16-15-31(32)23-28)34-17-18-36-27-37(20-19-35(36)26-34)44-38-9-5-6-10-39(38)46-45-40(44)24-30(3)43-29(2)21-22-49(4,47(43)45)51-42-12-8-7-11-41(42)50-48(46)51/h5-27,29-30,45H,1-4H3. The van der Waals surface area contributed by atoms with Crippen LogP contribution in [0.3, 0.4) is 0 Å². The second-order valence-corrected chi connectivity index (χ2v) is 15.4. The Morgan fingerprint density at radius 2 is 1.27 bits per heavy atom. The Bertz CT molecular complexity index is 2930. The Kier molecular flexibility index (Phi) is 5.79. The summed E-state index contributed by atoms with van der Waals surface area (Å²) in [4.78, 5) is 5.42. The maximum atomic E-state index is 5.42. The lowest BCUT2D eigenvalue weighted by Crippen LogP contribution is -2.50. The predicted octanol–water partition coefficient (Wildman–Crippen LogP) is 10.2. The van der Waals surface area contributed by atoms with Crippen LogP contribution >= 0.6 is 0 Å². The molecule has 51 heavy (non-hydrogen) atoms. The summed E-state index contributed by atoms with van der Waals surface area (Å²) in [6, 6.07) is 45.4. The summed E-state index contributed by atoms with van der Waals surface area (Å²) in [5, 5.41) is 7.70. The second kappa shape index (κ2) is 10.2. The van der Waals surface area contributed by atoms with E-state index >= 15 is 0 Å². The molecule has 7 aromatic rings. The number of nitrogens with zero attached hydrogens (tertiary/aromatic N) is 2. The molecule has 1 aliphatic heterocycles. The molecule has 4 atom stereocenters. The van der Waals surface area contributed by atoms with Gasteiger partial charge in [-0.3, -0.25) is 0 Å². The molecule has 2 heteroatoms. The van der Waals surface area contributed by atoms with E-state index in [1.54, 1.807) is 11.1 Å². The van der Waals surface area contributed by atoms with E-state index in [0.717, 1.165) is 11.3 Å². The van der Waals surface area contributed by atoms with Crippen molar-refractivity contribution in [1.29, 1.82) is 0 Å². The first-order valence-electron chi connectivity index (χ1n) is 18.4. The van der Waals surface area contributed by atoms with Gasteiger partial charge in [0.1, 0.15) is 5.82 Å². The normalized spacial score (nSPS) is 23.1. The van der Waals surface area contributed by atoms with Crippen LogP contribution in [0.15, 0.2) is 156 Å². The van der Waals surface area contributed by atoms with Crippen molar-refractivity contribution in [2.75, 3.05) is 0 Å². The van der Waals surface area contributed by atoms with Crippen LogP contribution in [0, 0.1) is 24.7 Å². The topological polar surface area (TPSA) is 17.8 Å². The van der Waals surface area contributed by atoms with Crippen LogP contribution in [-0.4, -0.2) is 9.55 Å². The Hall–Kier alpha value is -5.73. The molecule has 6 aromatic carbocycles. The van der Waals surface area contributed by atoms with Crippen molar-refractivity contribution in [3.8, 4) is 11.1 Å². The van der Waals surface area contributed by atoms with Gasteiger partial charge in [0.2, 0.25) is 0 Å². The molecule has 0 amide bonds. The van der Waals surface area contributed by atoms with Gasteiger partial charge in [-0.15, -0.1) is 0 Å². The number of benzene rings is 6. The van der Waals surface area contributed by atoms with E-state index in [1.165, 1.54) is 76.5 Å². The Balaban J connectivity index is 1.15. The molecule has 4 aliphatic rings. The van der Waals surface area contributed by atoms with Gasteiger partial charge >= 0.3 is 0 Å². The first-order valence-corrected chi connectivity index (χ1v) is 18.4. The summed E-state index contributed by atoms with van der Waals surface area (Å²) in [5.74, 6) is 1.98. The molecule has 0 saturated heterocycles. The van der Waals surface area contributed by atoms with E-state index in [0.29, 0.717) is 11.8 Å². The number of hydrogen-bond donors (Lipinski definition) is 0. The van der Waals surface area contributed by atoms with Gasteiger partial charge in [0.15, 0.2) is 0 Å². The van der Waals surface area contributed by atoms with Crippen LogP contribution in [-0.2, 0) is 5.54 Å². The van der Waals surface area contributed by atoms with E-state index in [2.05, 4.69) is 172 Å². The van der Waals surface area contributed by atoms with Gasteiger partial charge in [0, 0.05) is 11.5 Å². The van der Waals surface area contributed by atoms with Gasteiger partial charge in [-0.25, -0.2) is 4.98 Å². The minimum absolute atomic E-state index is 0.151. The SMILES string of the molecule is Cc1ccc2cc(-c3ccc4cc(C5=c6ccccc6=C6c7nc8ccccc8n7C7(C)C=CC(C)C8=C7C6C5=CC8C)ccc4c3)ccc2c1. The van der Waals surface area contributed by atoms with E-state index in [1.807, 2.05) is 0 Å². The minimum Gasteiger partial charge on any atom is -0.311 e. The number of imidazole rings is 1. The fourth-order valence-electron chi connectivity index (χ4n) is 10.1. The smallest absolute Gasteiger partial charge is 0.139 e. The first-order chi connectivity index (χ1) is 24.9. The van der Waals surface area contributed by atoms with Crippen molar-refractivity contribution in [1.82, 2.24) is 9.55 Å². The lowest BCUT2D eigenvalue weighted by molar-refractivity contribution is 0.406. The monoisotopic (exact) mass is 654 g/mol. The largest absolute Gasteiger partial charge is 0.311 e. The van der Waals surface area contributed by atoms with E-state index in [9.17, 15) is 0 Å². The van der Waals surface area contributed by atoms with Crippen molar-refractivity contribution in [3.63, 3.8) is 0 Å². The van der Waals surface area contributed by atoms with Gasteiger partial charge in [-0.05, 0) is 121 Å². The maximum absolute atomic E-state index is 5.42. The number of rotatable bonds is 2. The quantitative estimate of drug-likeness (QED) is 0.170. The molecule has 1 aromatic heterocycles. The molecule has 2 heterocycles. The van der Waals surface area contributed by atoms with Crippen LogP contribution in [0.1, 0.15) is 37.7 Å². The number of aromatic nitrogens is 2. The molecule has 0 bridgehead atoms. The predicted molar refractivity (Wildman–Crippen MR) is 212 cm³/mol. The van der Waals surface area contributed by atoms with Crippen molar-refractivity contribution in [2.24, 2.45) is 17.8 Å². The molecular formula is C49H38N2. The molecule has 0 fully saturated rings. The highest BCUT2D eigenvalue weighted by molar-refractivity contribution is 5.97. The zero-order chi connectivity index (χ0) is 34.2. The molecule has 0 N–H and O–H groups in total. The Morgan fingerprint density at radius 3 is 2.04 bits per heavy atom. The zero-order valence-electron chi connectivity index (χ0n) is 29.4. The Labute approximate surface area is 298 Å². The van der Waals surface area contributed by atoms with Crippen LogP contribution in [0.5, 0.6) is 0 Å². The molecule has 4 unspecified atom stereocenters. The van der Waals surface area contributed by atoms with Gasteiger partial charge in [-0.1, -0.05) is 134 Å². The zero-order valence-corrected chi connectivity index (χ0v) is 29.4. The van der Waals surface area contributed by atoms with Gasteiger partial charge in [-0.2, -0.15) is 0 Å². The first kappa shape index (κ1) is 29.0. The van der Waals surface area contributed by atoms with Crippen LogP contribution in [0.25, 0.3) is 54.9 Å². The highest BCUT2D eigenvalue weighted by Gasteiger charge is 2.52. The average Bonchev–Trinajstić information content (AvgIpc) is 3.55. The lowest BCUT2D eigenvalue weighted by atomic mass is 9.58. The molecule has 244 valence electrons. The third-order valence-corrected chi connectivity index (χ3v) is 12.4. The molecule has 0 saturated carbocycles. The highest BCUT2D eigenvalue weighted by Crippen LogP contribution is 2.58. The fourth-order valence-corrected chi connectivity index (χ4v) is 10.1. The maximum Gasteiger partial charge on any atom is 0.139 e. The van der Waals surface area contributed by atoms with Crippen molar-refractivity contribution >= 4 is 43.7 Å².